The van der Waals surface area contributed by atoms with Crippen molar-refractivity contribution < 1.29 is 18.7 Å². The van der Waals surface area contributed by atoms with Crippen LogP contribution in [0.3, 0.4) is 0 Å². The predicted molar refractivity (Wildman–Crippen MR) is 67.0 cm³/mol. The molecule has 1 aliphatic heterocycles. The standard InChI is InChI=1S/C14H16FNO3/c1-19-14(18)9-16-7-6-11(8-13(16)17)10-2-4-12(15)5-3-10/h2-5,11H,6-9H2,1H3/t11-/m1/s1. The third-order valence-electron chi connectivity index (χ3n) is 3.41. The van der Waals surface area contributed by atoms with E-state index in [4.69, 9.17) is 0 Å². The minimum absolute atomic E-state index is 0.00543. The van der Waals surface area contributed by atoms with Crippen LogP contribution in [0.5, 0.6) is 0 Å². The first-order valence-corrected chi connectivity index (χ1v) is 6.20. The van der Waals surface area contributed by atoms with Crippen molar-refractivity contribution in [3.63, 3.8) is 0 Å². The number of carbonyl (C=O) groups excluding carboxylic acids is 2. The first kappa shape index (κ1) is 13.5. The quantitative estimate of drug-likeness (QED) is 0.782. The number of ether oxygens (including phenoxy) is 1. The van der Waals surface area contributed by atoms with E-state index in [-0.39, 0.29) is 24.2 Å². The van der Waals surface area contributed by atoms with Crippen LogP contribution in [0.25, 0.3) is 0 Å². The average Bonchev–Trinajstić information content (AvgIpc) is 2.41. The zero-order chi connectivity index (χ0) is 13.8. The number of halogens is 1. The molecule has 1 fully saturated rings. The molecule has 0 bridgehead atoms. The summed E-state index contributed by atoms with van der Waals surface area (Å²) in [7, 11) is 1.30. The van der Waals surface area contributed by atoms with Crippen molar-refractivity contribution in [3.05, 3.63) is 35.6 Å². The summed E-state index contributed by atoms with van der Waals surface area (Å²) in [5, 5.41) is 0. The van der Waals surface area contributed by atoms with Crippen LogP contribution in [0.1, 0.15) is 24.3 Å². The SMILES string of the molecule is COC(=O)CN1CC[C@@H](c2ccc(F)cc2)CC1=O. The van der Waals surface area contributed by atoms with Crippen LogP contribution >= 0.6 is 0 Å². The molecule has 102 valence electrons. The van der Waals surface area contributed by atoms with Crippen molar-refractivity contribution in [1.29, 1.82) is 0 Å². The number of nitrogens with zero attached hydrogens (tertiary/aromatic N) is 1. The largest absolute Gasteiger partial charge is 0.468 e. The van der Waals surface area contributed by atoms with Crippen LogP contribution in [0.2, 0.25) is 0 Å². The van der Waals surface area contributed by atoms with Gasteiger partial charge in [-0.25, -0.2) is 4.39 Å². The number of carbonyl (C=O) groups is 2. The van der Waals surface area contributed by atoms with E-state index < -0.39 is 5.97 Å². The molecule has 0 radical (unpaired) electrons. The van der Waals surface area contributed by atoms with Crippen molar-refractivity contribution in [2.45, 2.75) is 18.8 Å². The highest BCUT2D eigenvalue weighted by Gasteiger charge is 2.28. The molecule has 4 nitrogen and oxygen atoms in total. The second-order valence-corrected chi connectivity index (χ2v) is 4.63. The third-order valence-corrected chi connectivity index (χ3v) is 3.41. The molecule has 1 atom stereocenters. The first-order valence-electron chi connectivity index (χ1n) is 6.20. The summed E-state index contributed by atoms with van der Waals surface area (Å²) in [5.74, 6) is -0.653. The van der Waals surface area contributed by atoms with Crippen molar-refractivity contribution in [2.24, 2.45) is 0 Å². The molecule has 1 saturated heterocycles. The summed E-state index contributed by atoms with van der Waals surface area (Å²) >= 11 is 0. The molecule has 1 aromatic carbocycles. The fourth-order valence-corrected chi connectivity index (χ4v) is 2.29. The number of hydrogen-bond donors (Lipinski definition) is 0. The van der Waals surface area contributed by atoms with E-state index in [2.05, 4.69) is 4.74 Å². The second-order valence-electron chi connectivity index (χ2n) is 4.63. The summed E-state index contributed by atoms with van der Waals surface area (Å²) in [5.41, 5.74) is 0.965. The summed E-state index contributed by atoms with van der Waals surface area (Å²) in [4.78, 5) is 24.6. The number of likely N-dealkylation sites (tertiary alicyclic amines) is 1. The van der Waals surface area contributed by atoms with Crippen molar-refractivity contribution in [1.82, 2.24) is 4.90 Å². The Kier molecular flexibility index (Phi) is 4.14. The van der Waals surface area contributed by atoms with Gasteiger partial charge in [-0.3, -0.25) is 9.59 Å². The van der Waals surface area contributed by atoms with Gasteiger partial charge in [0.1, 0.15) is 12.4 Å². The lowest BCUT2D eigenvalue weighted by atomic mass is 9.89. The van der Waals surface area contributed by atoms with E-state index in [1.54, 1.807) is 12.1 Å². The number of methoxy groups -OCH3 is 1. The summed E-state index contributed by atoms with van der Waals surface area (Å²) in [6.07, 6.45) is 1.12. The maximum Gasteiger partial charge on any atom is 0.325 e. The zero-order valence-corrected chi connectivity index (χ0v) is 10.8. The molecule has 0 spiro atoms. The second kappa shape index (κ2) is 5.82. The van der Waals surface area contributed by atoms with Crippen LogP contribution in [-0.4, -0.2) is 37.0 Å². The van der Waals surface area contributed by atoms with Crippen molar-refractivity contribution in [2.75, 3.05) is 20.2 Å². The number of esters is 1. The van der Waals surface area contributed by atoms with Gasteiger partial charge in [-0.1, -0.05) is 12.1 Å². The molecule has 0 aromatic heterocycles. The Bertz CT molecular complexity index is 472. The van der Waals surface area contributed by atoms with Gasteiger partial charge < -0.3 is 9.64 Å². The number of hydrogen-bond acceptors (Lipinski definition) is 3. The minimum atomic E-state index is -0.409. The molecule has 0 N–H and O–H groups in total. The van der Waals surface area contributed by atoms with Crippen LogP contribution in [0.15, 0.2) is 24.3 Å². The lowest BCUT2D eigenvalue weighted by molar-refractivity contribution is -0.148. The molecule has 2 rings (SSSR count). The monoisotopic (exact) mass is 265 g/mol. The Labute approximate surface area is 111 Å². The molecule has 1 amide bonds. The Morgan fingerprint density at radius 2 is 2.11 bits per heavy atom. The maximum atomic E-state index is 12.8. The molecule has 0 unspecified atom stereocenters. The lowest BCUT2D eigenvalue weighted by Gasteiger charge is -2.31. The summed E-state index contributed by atoms with van der Waals surface area (Å²) in [6, 6.07) is 6.23. The lowest BCUT2D eigenvalue weighted by Crippen LogP contribution is -2.41. The number of rotatable bonds is 3. The topological polar surface area (TPSA) is 46.6 Å². The van der Waals surface area contributed by atoms with E-state index in [0.717, 1.165) is 12.0 Å². The van der Waals surface area contributed by atoms with E-state index in [0.29, 0.717) is 13.0 Å². The van der Waals surface area contributed by atoms with E-state index in [9.17, 15) is 14.0 Å². The third kappa shape index (κ3) is 3.30. The van der Waals surface area contributed by atoms with Crippen LogP contribution in [0.4, 0.5) is 4.39 Å². The molecular weight excluding hydrogens is 249 g/mol. The summed E-state index contributed by atoms with van der Waals surface area (Å²) < 4.78 is 17.4. The van der Waals surface area contributed by atoms with Crippen molar-refractivity contribution in [3.8, 4) is 0 Å². The van der Waals surface area contributed by atoms with Gasteiger partial charge in [-0.15, -0.1) is 0 Å². The average molecular weight is 265 g/mol. The van der Waals surface area contributed by atoms with Gasteiger partial charge >= 0.3 is 5.97 Å². The molecule has 19 heavy (non-hydrogen) atoms. The van der Waals surface area contributed by atoms with Gasteiger partial charge in [0.15, 0.2) is 0 Å². The van der Waals surface area contributed by atoms with Gasteiger partial charge in [-0.05, 0) is 30.0 Å². The molecule has 0 aliphatic carbocycles. The maximum absolute atomic E-state index is 12.8. The smallest absolute Gasteiger partial charge is 0.325 e. The van der Waals surface area contributed by atoms with E-state index in [1.165, 1.54) is 24.1 Å². The Balaban J connectivity index is 1.98. The van der Waals surface area contributed by atoms with Gasteiger partial charge in [0.25, 0.3) is 0 Å². The fourth-order valence-electron chi connectivity index (χ4n) is 2.29. The molecule has 5 heteroatoms. The normalized spacial score (nSPS) is 19.4. The Morgan fingerprint density at radius 3 is 2.68 bits per heavy atom. The number of piperidine rings is 1. The molecule has 1 aliphatic rings. The first-order chi connectivity index (χ1) is 9.10. The van der Waals surface area contributed by atoms with E-state index >= 15 is 0 Å². The molecular formula is C14H16FNO3. The molecule has 1 aromatic rings. The fraction of sp³-hybridized carbons (Fsp3) is 0.429. The van der Waals surface area contributed by atoms with Crippen LogP contribution in [0, 0.1) is 5.82 Å². The Morgan fingerprint density at radius 1 is 1.42 bits per heavy atom. The van der Waals surface area contributed by atoms with Gasteiger partial charge in [0.2, 0.25) is 5.91 Å². The zero-order valence-electron chi connectivity index (χ0n) is 10.8. The highest BCUT2D eigenvalue weighted by molar-refractivity contribution is 5.83. The summed E-state index contributed by atoms with van der Waals surface area (Å²) in [6.45, 7) is 0.529. The molecule has 0 saturated carbocycles. The van der Waals surface area contributed by atoms with Crippen LogP contribution < -0.4 is 0 Å². The number of amides is 1. The predicted octanol–water partition coefficient (Wildman–Crippen LogP) is 1.70. The minimum Gasteiger partial charge on any atom is -0.468 e. The highest BCUT2D eigenvalue weighted by atomic mass is 19.1. The van der Waals surface area contributed by atoms with Crippen molar-refractivity contribution >= 4 is 11.9 Å². The number of benzene rings is 1. The highest BCUT2D eigenvalue weighted by Crippen LogP contribution is 2.28. The van der Waals surface area contributed by atoms with E-state index in [1.807, 2.05) is 0 Å². The van der Waals surface area contributed by atoms with Gasteiger partial charge in [-0.2, -0.15) is 0 Å². The van der Waals surface area contributed by atoms with Crippen LogP contribution in [-0.2, 0) is 14.3 Å². The molecule has 1 heterocycles. The Hall–Kier alpha value is -1.91. The van der Waals surface area contributed by atoms with Gasteiger partial charge in [0.05, 0.1) is 7.11 Å². The van der Waals surface area contributed by atoms with Gasteiger partial charge in [0, 0.05) is 13.0 Å².